The molecule has 0 heterocycles. The minimum Gasteiger partial charge on any atom is -0.406 e. The van der Waals surface area contributed by atoms with Crippen molar-refractivity contribution in [2.45, 2.75) is 12.5 Å². The number of rotatable bonds is 7. The molecule has 6 nitrogen and oxygen atoms in total. The lowest BCUT2D eigenvalue weighted by molar-refractivity contribution is -0.274. The lowest BCUT2D eigenvalue weighted by Crippen LogP contribution is -2.23. The van der Waals surface area contributed by atoms with Gasteiger partial charge in [0.25, 0.3) is 5.91 Å². The van der Waals surface area contributed by atoms with Crippen molar-refractivity contribution in [1.29, 1.82) is 0 Å². The van der Waals surface area contributed by atoms with Crippen LogP contribution in [0.1, 0.15) is 10.4 Å². The molecule has 0 aliphatic carbocycles. The number of halogens is 3. The van der Waals surface area contributed by atoms with E-state index < -0.39 is 18.4 Å². The van der Waals surface area contributed by atoms with Gasteiger partial charge in [-0.2, -0.15) is 0 Å². The summed E-state index contributed by atoms with van der Waals surface area (Å²) in [5.41, 5.74) is 1.18. The maximum Gasteiger partial charge on any atom is 0.573 e. The van der Waals surface area contributed by atoms with Crippen molar-refractivity contribution in [3.05, 3.63) is 54.1 Å². The summed E-state index contributed by atoms with van der Waals surface area (Å²) >= 11 is 0. The van der Waals surface area contributed by atoms with Gasteiger partial charge in [-0.15, -0.1) is 13.2 Å². The van der Waals surface area contributed by atoms with E-state index in [0.717, 1.165) is 12.1 Å². The van der Waals surface area contributed by atoms with Crippen LogP contribution in [0.5, 0.6) is 5.75 Å². The standard InChI is InChI=1S/C17H17F3N2O4/c18-17(19,20)26-15-6-4-12(5-7-15)22-16(25)11-2-1-3-13(8-11)21-9-14(24)10-23/h1-8,14,21,23-24H,9-10H2,(H,22,25). The van der Waals surface area contributed by atoms with Gasteiger partial charge in [0.15, 0.2) is 0 Å². The van der Waals surface area contributed by atoms with Crippen LogP contribution in [0.15, 0.2) is 48.5 Å². The molecule has 0 bridgehead atoms. The summed E-state index contributed by atoms with van der Waals surface area (Å²) < 4.78 is 40.1. The molecule has 1 atom stereocenters. The lowest BCUT2D eigenvalue weighted by Gasteiger charge is -2.12. The fourth-order valence-corrected chi connectivity index (χ4v) is 2.01. The second-order valence-electron chi connectivity index (χ2n) is 5.32. The van der Waals surface area contributed by atoms with Gasteiger partial charge in [0.1, 0.15) is 5.75 Å². The van der Waals surface area contributed by atoms with E-state index in [-0.39, 0.29) is 18.9 Å². The van der Waals surface area contributed by atoms with E-state index in [4.69, 9.17) is 5.11 Å². The van der Waals surface area contributed by atoms with Crippen LogP contribution in [0, 0.1) is 0 Å². The SMILES string of the molecule is O=C(Nc1ccc(OC(F)(F)F)cc1)c1cccc(NCC(O)CO)c1. The Bertz CT molecular complexity index is 736. The number of aliphatic hydroxyl groups is 2. The number of aliphatic hydroxyl groups excluding tert-OH is 2. The molecule has 0 fully saturated rings. The maximum absolute atomic E-state index is 12.2. The predicted molar refractivity (Wildman–Crippen MR) is 89.1 cm³/mol. The van der Waals surface area contributed by atoms with Crippen LogP contribution in [0.3, 0.4) is 0 Å². The van der Waals surface area contributed by atoms with Crippen molar-refractivity contribution in [2.24, 2.45) is 0 Å². The molecule has 0 radical (unpaired) electrons. The molecule has 0 saturated heterocycles. The first-order chi connectivity index (χ1) is 12.3. The summed E-state index contributed by atoms with van der Waals surface area (Å²) in [4.78, 5) is 12.2. The average molecular weight is 370 g/mol. The molecule has 0 saturated carbocycles. The van der Waals surface area contributed by atoms with Crippen LogP contribution in [-0.4, -0.2) is 41.7 Å². The first-order valence-electron chi connectivity index (χ1n) is 7.57. The number of hydrogen-bond donors (Lipinski definition) is 4. The third-order valence-corrected chi connectivity index (χ3v) is 3.22. The molecular formula is C17H17F3N2O4. The quantitative estimate of drug-likeness (QED) is 0.602. The largest absolute Gasteiger partial charge is 0.573 e. The normalized spacial score (nSPS) is 12.3. The lowest BCUT2D eigenvalue weighted by atomic mass is 10.1. The van der Waals surface area contributed by atoms with E-state index in [0.29, 0.717) is 16.9 Å². The van der Waals surface area contributed by atoms with Gasteiger partial charge in [-0.3, -0.25) is 4.79 Å². The summed E-state index contributed by atoms with van der Waals surface area (Å²) in [6.07, 6.45) is -5.70. The first-order valence-corrected chi connectivity index (χ1v) is 7.57. The van der Waals surface area contributed by atoms with Gasteiger partial charge >= 0.3 is 6.36 Å². The Morgan fingerprint density at radius 1 is 1.12 bits per heavy atom. The van der Waals surface area contributed by atoms with E-state index >= 15 is 0 Å². The van der Waals surface area contributed by atoms with E-state index in [1.807, 2.05) is 0 Å². The van der Waals surface area contributed by atoms with Gasteiger partial charge in [-0.05, 0) is 42.5 Å². The molecule has 2 aromatic carbocycles. The molecule has 0 aromatic heterocycles. The van der Waals surface area contributed by atoms with E-state index in [1.165, 1.54) is 12.1 Å². The monoisotopic (exact) mass is 370 g/mol. The maximum atomic E-state index is 12.2. The predicted octanol–water partition coefficient (Wildman–Crippen LogP) is 2.60. The number of carbonyl (C=O) groups excluding carboxylic acids is 1. The zero-order valence-electron chi connectivity index (χ0n) is 13.5. The highest BCUT2D eigenvalue weighted by molar-refractivity contribution is 6.04. The fourth-order valence-electron chi connectivity index (χ4n) is 2.01. The number of benzene rings is 2. The molecule has 2 rings (SSSR count). The van der Waals surface area contributed by atoms with E-state index in [2.05, 4.69) is 15.4 Å². The highest BCUT2D eigenvalue weighted by Crippen LogP contribution is 2.24. The molecule has 9 heteroatoms. The second kappa shape index (κ2) is 8.54. The van der Waals surface area contributed by atoms with Crippen LogP contribution in [0.2, 0.25) is 0 Å². The van der Waals surface area contributed by atoms with Crippen LogP contribution < -0.4 is 15.4 Å². The zero-order valence-corrected chi connectivity index (χ0v) is 13.5. The minimum atomic E-state index is -4.78. The number of nitrogens with one attached hydrogen (secondary N) is 2. The first kappa shape index (κ1) is 19.5. The Kier molecular flexibility index (Phi) is 6.42. The Hall–Kier alpha value is -2.78. The Balaban J connectivity index is 1.99. The topological polar surface area (TPSA) is 90.8 Å². The van der Waals surface area contributed by atoms with E-state index in [9.17, 15) is 23.1 Å². The Labute approximate surface area is 147 Å². The molecule has 26 heavy (non-hydrogen) atoms. The number of anilines is 2. The number of alkyl halides is 3. The fraction of sp³-hybridized carbons (Fsp3) is 0.235. The van der Waals surface area contributed by atoms with Crippen molar-refractivity contribution >= 4 is 17.3 Å². The number of carbonyl (C=O) groups is 1. The van der Waals surface area contributed by atoms with Crippen molar-refractivity contribution in [1.82, 2.24) is 0 Å². The summed E-state index contributed by atoms with van der Waals surface area (Å²) in [5, 5.41) is 23.5. The van der Waals surface area contributed by atoms with Gasteiger partial charge in [0.05, 0.1) is 12.7 Å². The summed E-state index contributed by atoms with van der Waals surface area (Å²) in [6, 6.07) is 11.2. The molecule has 2 aromatic rings. The molecule has 1 amide bonds. The highest BCUT2D eigenvalue weighted by atomic mass is 19.4. The smallest absolute Gasteiger partial charge is 0.406 e. The summed E-state index contributed by atoms with van der Waals surface area (Å²) in [6.45, 7) is -0.274. The van der Waals surface area contributed by atoms with Crippen molar-refractivity contribution in [3.63, 3.8) is 0 Å². The molecule has 4 N–H and O–H groups in total. The van der Waals surface area contributed by atoms with Gasteiger partial charge in [0, 0.05) is 23.5 Å². The van der Waals surface area contributed by atoms with Crippen molar-refractivity contribution in [2.75, 3.05) is 23.8 Å². The Morgan fingerprint density at radius 2 is 1.81 bits per heavy atom. The number of hydrogen-bond acceptors (Lipinski definition) is 5. The molecule has 1 unspecified atom stereocenters. The summed E-state index contributed by atoms with van der Waals surface area (Å²) in [7, 11) is 0. The molecular weight excluding hydrogens is 353 g/mol. The van der Waals surface area contributed by atoms with Gasteiger partial charge in [-0.1, -0.05) is 6.07 Å². The van der Waals surface area contributed by atoms with Crippen LogP contribution >= 0.6 is 0 Å². The molecule has 0 spiro atoms. The van der Waals surface area contributed by atoms with Gasteiger partial charge in [0.2, 0.25) is 0 Å². The van der Waals surface area contributed by atoms with Gasteiger partial charge in [-0.25, -0.2) is 0 Å². The number of ether oxygens (including phenoxy) is 1. The van der Waals surface area contributed by atoms with Crippen LogP contribution in [0.25, 0.3) is 0 Å². The Morgan fingerprint density at radius 3 is 2.42 bits per heavy atom. The third kappa shape index (κ3) is 6.26. The summed E-state index contributed by atoms with van der Waals surface area (Å²) in [5.74, 6) is -0.843. The van der Waals surface area contributed by atoms with Crippen LogP contribution in [-0.2, 0) is 0 Å². The minimum absolute atomic E-state index is 0.113. The number of amides is 1. The molecule has 140 valence electrons. The molecule has 0 aliphatic rings. The third-order valence-electron chi connectivity index (χ3n) is 3.22. The highest BCUT2D eigenvalue weighted by Gasteiger charge is 2.30. The second-order valence-corrected chi connectivity index (χ2v) is 5.32. The van der Waals surface area contributed by atoms with Crippen LogP contribution in [0.4, 0.5) is 24.5 Å². The van der Waals surface area contributed by atoms with Gasteiger partial charge < -0.3 is 25.6 Å². The van der Waals surface area contributed by atoms with Crippen molar-refractivity contribution < 1.29 is 32.9 Å². The average Bonchev–Trinajstić information content (AvgIpc) is 2.60. The molecule has 0 aliphatic heterocycles. The van der Waals surface area contributed by atoms with Crippen molar-refractivity contribution in [3.8, 4) is 5.75 Å². The zero-order chi connectivity index (χ0) is 19.2. The van der Waals surface area contributed by atoms with E-state index in [1.54, 1.807) is 24.3 Å².